The van der Waals surface area contributed by atoms with Gasteiger partial charge in [-0.1, -0.05) is 0 Å². The first-order valence-corrected chi connectivity index (χ1v) is 6.02. The van der Waals surface area contributed by atoms with Gasteiger partial charge in [0.2, 0.25) is 0 Å². The van der Waals surface area contributed by atoms with E-state index in [2.05, 4.69) is 5.32 Å². The van der Waals surface area contributed by atoms with Crippen LogP contribution >= 0.6 is 0 Å². The average Bonchev–Trinajstić information content (AvgIpc) is 2.32. The van der Waals surface area contributed by atoms with Gasteiger partial charge < -0.3 is 11.1 Å². The first-order chi connectivity index (χ1) is 8.56. The molecule has 0 atom stereocenters. The maximum absolute atomic E-state index is 13.1. The highest BCUT2D eigenvalue weighted by Gasteiger charge is 2.22. The van der Waals surface area contributed by atoms with Crippen molar-refractivity contribution in [3.8, 4) is 0 Å². The standard InChI is InChI=1S/C12H16FN3O2/c13-8-1-6-12(16(17)18)11(7-8)15-10-4-2-9(14)3-5-10/h1,6-7,9-10,15H,2-5,14H2. The number of hydrogen-bond donors (Lipinski definition) is 2. The Balaban J connectivity index is 2.12. The van der Waals surface area contributed by atoms with Crippen molar-refractivity contribution in [2.24, 2.45) is 5.73 Å². The van der Waals surface area contributed by atoms with Gasteiger partial charge in [0, 0.05) is 24.2 Å². The zero-order valence-corrected chi connectivity index (χ0v) is 9.93. The fourth-order valence-electron chi connectivity index (χ4n) is 2.27. The van der Waals surface area contributed by atoms with Crippen molar-refractivity contribution in [3.05, 3.63) is 34.1 Å². The van der Waals surface area contributed by atoms with Gasteiger partial charge in [0.05, 0.1) is 4.92 Å². The van der Waals surface area contributed by atoms with Crippen LogP contribution in [0.2, 0.25) is 0 Å². The van der Waals surface area contributed by atoms with E-state index in [0.717, 1.165) is 31.7 Å². The molecule has 18 heavy (non-hydrogen) atoms. The van der Waals surface area contributed by atoms with E-state index in [1.807, 2.05) is 0 Å². The van der Waals surface area contributed by atoms with E-state index in [9.17, 15) is 14.5 Å². The van der Waals surface area contributed by atoms with Crippen LogP contribution in [0.15, 0.2) is 18.2 Å². The van der Waals surface area contributed by atoms with E-state index in [0.29, 0.717) is 0 Å². The van der Waals surface area contributed by atoms with E-state index in [4.69, 9.17) is 5.73 Å². The van der Waals surface area contributed by atoms with E-state index in [1.54, 1.807) is 0 Å². The molecule has 0 spiro atoms. The number of nitrogens with zero attached hydrogens (tertiary/aromatic N) is 1. The Morgan fingerprint density at radius 2 is 2.00 bits per heavy atom. The van der Waals surface area contributed by atoms with E-state index < -0.39 is 10.7 Å². The summed E-state index contributed by atoms with van der Waals surface area (Å²) in [5.74, 6) is -0.476. The van der Waals surface area contributed by atoms with E-state index >= 15 is 0 Å². The molecule has 1 fully saturated rings. The third-order valence-electron chi connectivity index (χ3n) is 3.29. The number of benzene rings is 1. The van der Waals surface area contributed by atoms with Gasteiger partial charge in [-0.2, -0.15) is 0 Å². The quantitative estimate of drug-likeness (QED) is 0.640. The monoisotopic (exact) mass is 253 g/mol. The van der Waals surface area contributed by atoms with Gasteiger partial charge in [0.1, 0.15) is 11.5 Å². The van der Waals surface area contributed by atoms with E-state index in [1.165, 1.54) is 12.1 Å². The fourth-order valence-corrected chi connectivity index (χ4v) is 2.27. The molecular formula is C12H16FN3O2. The lowest BCUT2D eigenvalue weighted by atomic mass is 9.91. The number of hydrogen-bond acceptors (Lipinski definition) is 4. The molecule has 1 aliphatic rings. The summed E-state index contributed by atoms with van der Waals surface area (Å²) in [6.07, 6.45) is 3.49. The second kappa shape index (κ2) is 5.30. The molecule has 5 nitrogen and oxygen atoms in total. The van der Waals surface area contributed by atoms with Crippen LogP contribution in [0.4, 0.5) is 15.8 Å². The summed E-state index contributed by atoms with van der Waals surface area (Å²) in [4.78, 5) is 10.3. The van der Waals surface area contributed by atoms with Crippen LogP contribution in [-0.4, -0.2) is 17.0 Å². The highest BCUT2D eigenvalue weighted by molar-refractivity contribution is 5.61. The minimum absolute atomic E-state index is 0.0914. The lowest BCUT2D eigenvalue weighted by molar-refractivity contribution is -0.384. The molecule has 0 aromatic heterocycles. The second-order valence-electron chi connectivity index (χ2n) is 4.67. The summed E-state index contributed by atoms with van der Waals surface area (Å²) in [7, 11) is 0. The van der Waals surface area contributed by atoms with E-state index in [-0.39, 0.29) is 23.5 Å². The molecule has 6 heteroatoms. The zero-order chi connectivity index (χ0) is 13.1. The zero-order valence-electron chi connectivity index (χ0n) is 9.93. The van der Waals surface area contributed by atoms with Crippen LogP contribution in [-0.2, 0) is 0 Å². The molecule has 0 radical (unpaired) electrons. The van der Waals surface area contributed by atoms with Crippen LogP contribution in [0.1, 0.15) is 25.7 Å². The molecule has 1 saturated carbocycles. The van der Waals surface area contributed by atoms with Crippen molar-refractivity contribution in [1.29, 1.82) is 0 Å². The largest absolute Gasteiger partial charge is 0.377 e. The summed E-state index contributed by atoms with van der Waals surface area (Å²) in [6, 6.07) is 3.80. The molecule has 2 rings (SSSR count). The maximum Gasteiger partial charge on any atom is 0.292 e. The Morgan fingerprint density at radius 1 is 1.33 bits per heavy atom. The van der Waals surface area contributed by atoms with Crippen molar-refractivity contribution in [1.82, 2.24) is 0 Å². The molecule has 1 aromatic carbocycles. The summed E-state index contributed by atoms with van der Waals surface area (Å²) >= 11 is 0. The normalized spacial score (nSPS) is 23.7. The Kier molecular flexibility index (Phi) is 3.76. The second-order valence-corrected chi connectivity index (χ2v) is 4.67. The van der Waals surface area contributed by atoms with Crippen molar-refractivity contribution in [2.75, 3.05) is 5.32 Å². The molecular weight excluding hydrogens is 237 g/mol. The molecule has 0 heterocycles. The molecule has 0 bridgehead atoms. The first kappa shape index (κ1) is 12.8. The van der Waals surface area contributed by atoms with Crippen LogP contribution in [0.25, 0.3) is 0 Å². The minimum Gasteiger partial charge on any atom is -0.377 e. The number of anilines is 1. The lowest BCUT2D eigenvalue weighted by Gasteiger charge is -2.27. The van der Waals surface area contributed by atoms with Crippen molar-refractivity contribution in [3.63, 3.8) is 0 Å². The lowest BCUT2D eigenvalue weighted by Crippen LogP contribution is -2.32. The number of nitro groups is 1. The Bertz CT molecular complexity index is 445. The highest BCUT2D eigenvalue weighted by atomic mass is 19.1. The average molecular weight is 253 g/mol. The molecule has 1 aromatic rings. The van der Waals surface area contributed by atoms with Crippen LogP contribution in [0, 0.1) is 15.9 Å². The molecule has 98 valence electrons. The van der Waals surface area contributed by atoms with Crippen molar-refractivity contribution in [2.45, 2.75) is 37.8 Å². The third-order valence-corrected chi connectivity index (χ3v) is 3.29. The Morgan fingerprint density at radius 3 is 2.61 bits per heavy atom. The van der Waals surface area contributed by atoms with Crippen molar-refractivity contribution >= 4 is 11.4 Å². The highest BCUT2D eigenvalue weighted by Crippen LogP contribution is 2.28. The number of rotatable bonds is 3. The van der Waals surface area contributed by atoms with Crippen LogP contribution < -0.4 is 11.1 Å². The topological polar surface area (TPSA) is 81.2 Å². The summed E-state index contributed by atoms with van der Waals surface area (Å²) in [5, 5.41) is 13.9. The van der Waals surface area contributed by atoms with Gasteiger partial charge in [0.25, 0.3) is 5.69 Å². The Hall–Kier alpha value is -1.69. The third kappa shape index (κ3) is 2.95. The van der Waals surface area contributed by atoms with Gasteiger partial charge in [-0.05, 0) is 31.7 Å². The van der Waals surface area contributed by atoms with Gasteiger partial charge in [0.15, 0.2) is 0 Å². The summed E-state index contributed by atoms with van der Waals surface area (Å²) < 4.78 is 13.1. The summed E-state index contributed by atoms with van der Waals surface area (Å²) in [5.41, 5.74) is 5.96. The fraction of sp³-hybridized carbons (Fsp3) is 0.500. The minimum atomic E-state index is -0.504. The van der Waals surface area contributed by atoms with Gasteiger partial charge in [-0.3, -0.25) is 10.1 Å². The predicted octanol–water partition coefficient (Wildman–Crippen LogP) is 2.42. The van der Waals surface area contributed by atoms with Gasteiger partial charge in [-0.25, -0.2) is 4.39 Å². The predicted molar refractivity (Wildman–Crippen MR) is 66.9 cm³/mol. The first-order valence-electron chi connectivity index (χ1n) is 6.02. The Labute approximate surface area is 104 Å². The maximum atomic E-state index is 13.1. The van der Waals surface area contributed by atoms with Gasteiger partial charge in [-0.15, -0.1) is 0 Å². The number of nitrogens with one attached hydrogen (secondary N) is 1. The number of nitro benzene ring substituents is 1. The molecule has 3 N–H and O–H groups in total. The molecule has 0 amide bonds. The summed E-state index contributed by atoms with van der Waals surface area (Å²) in [6.45, 7) is 0. The van der Waals surface area contributed by atoms with Crippen LogP contribution in [0.3, 0.4) is 0 Å². The van der Waals surface area contributed by atoms with Gasteiger partial charge >= 0.3 is 0 Å². The molecule has 1 aliphatic carbocycles. The number of halogens is 1. The molecule has 0 aliphatic heterocycles. The smallest absolute Gasteiger partial charge is 0.292 e. The van der Waals surface area contributed by atoms with Crippen molar-refractivity contribution < 1.29 is 9.31 Å². The van der Waals surface area contributed by atoms with Crippen LogP contribution in [0.5, 0.6) is 0 Å². The molecule has 0 saturated heterocycles. The SMILES string of the molecule is NC1CCC(Nc2cc(F)ccc2[N+](=O)[O-])CC1. The molecule has 0 unspecified atom stereocenters. The number of nitrogens with two attached hydrogens (primary N) is 1.